The zero-order chi connectivity index (χ0) is 21.1. The smallest absolute Gasteiger partial charge is 0.291 e. The maximum atomic E-state index is 13.0. The Morgan fingerprint density at radius 1 is 1.23 bits per heavy atom. The number of hydrogen-bond donors (Lipinski definition) is 1. The van der Waals surface area contributed by atoms with Gasteiger partial charge in [-0.3, -0.25) is 14.6 Å². The van der Waals surface area contributed by atoms with Crippen LogP contribution in [0.1, 0.15) is 18.7 Å². The molecule has 0 spiro atoms. The van der Waals surface area contributed by atoms with Crippen molar-refractivity contribution >= 4 is 29.4 Å². The summed E-state index contributed by atoms with van der Waals surface area (Å²) in [7, 11) is 0. The molecule has 0 saturated heterocycles. The Kier molecular flexibility index (Phi) is 5.63. The lowest BCUT2D eigenvalue weighted by Crippen LogP contribution is -2.59. The normalized spacial score (nSPS) is 15.0. The predicted molar refractivity (Wildman–Crippen MR) is 119 cm³/mol. The summed E-state index contributed by atoms with van der Waals surface area (Å²) in [5, 5.41) is 5.14. The van der Waals surface area contributed by atoms with E-state index < -0.39 is 6.17 Å². The first-order valence-corrected chi connectivity index (χ1v) is 10.5. The van der Waals surface area contributed by atoms with Gasteiger partial charge < -0.3 is 0 Å². The van der Waals surface area contributed by atoms with Gasteiger partial charge in [-0.25, -0.2) is 4.90 Å². The van der Waals surface area contributed by atoms with Crippen LogP contribution in [-0.2, 0) is 4.79 Å². The third-order valence-corrected chi connectivity index (χ3v) is 5.59. The summed E-state index contributed by atoms with van der Waals surface area (Å²) in [6.45, 7) is 5.24. The Balaban J connectivity index is 1.93. The second-order valence-corrected chi connectivity index (χ2v) is 7.75. The number of carbonyl (C=O) groups excluding carboxylic acids is 1. The minimum absolute atomic E-state index is 0.134. The number of benzene rings is 2. The van der Waals surface area contributed by atoms with Gasteiger partial charge >= 0.3 is 11.3 Å². The lowest BCUT2D eigenvalue weighted by atomic mass is 10.0. The average molecular weight is 418 g/mol. The van der Waals surface area contributed by atoms with Crippen molar-refractivity contribution in [3.63, 3.8) is 0 Å². The molecule has 1 aliphatic heterocycles. The summed E-state index contributed by atoms with van der Waals surface area (Å²) in [5.41, 5.74) is 2.53. The van der Waals surface area contributed by atoms with Gasteiger partial charge in [-0.2, -0.15) is 0 Å². The van der Waals surface area contributed by atoms with Crippen molar-refractivity contribution in [3.05, 3.63) is 89.2 Å². The van der Waals surface area contributed by atoms with Gasteiger partial charge in [0, 0.05) is 23.9 Å². The Bertz CT molecular complexity index is 1190. The molecule has 0 bridgehead atoms. The third kappa shape index (κ3) is 3.71. The SMILES string of the molecule is C=CCSc1n[n+]2c(c(=O)[nH]1)-c1ccccc1N(C(C)=O)C2/C=C/c1ccccc1. The highest BCUT2D eigenvalue weighted by Crippen LogP contribution is 2.35. The number of aromatic nitrogens is 3. The number of H-pyrrole nitrogens is 1. The van der Waals surface area contributed by atoms with Gasteiger partial charge in [0.25, 0.3) is 6.17 Å². The van der Waals surface area contributed by atoms with Crippen molar-refractivity contribution in [2.24, 2.45) is 0 Å². The lowest BCUT2D eigenvalue weighted by Gasteiger charge is -2.29. The fourth-order valence-corrected chi connectivity index (χ4v) is 4.08. The number of nitrogens with one attached hydrogen (secondary N) is 1. The zero-order valence-electron chi connectivity index (χ0n) is 16.5. The van der Waals surface area contributed by atoms with Crippen LogP contribution < -0.4 is 15.1 Å². The summed E-state index contributed by atoms with van der Waals surface area (Å²) in [4.78, 5) is 30.2. The largest absolute Gasteiger partial charge is 0.325 e. The Morgan fingerprint density at radius 3 is 2.70 bits per heavy atom. The Labute approximate surface area is 178 Å². The van der Waals surface area contributed by atoms with Crippen LogP contribution in [0.5, 0.6) is 0 Å². The summed E-state index contributed by atoms with van der Waals surface area (Å²) in [5.74, 6) is 0.477. The van der Waals surface area contributed by atoms with Crippen LogP contribution >= 0.6 is 11.8 Å². The van der Waals surface area contributed by atoms with E-state index in [0.29, 0.717) is 27.9 Å². The summed E-state index contributed by atoms with van der Waals surface area (Å²) < 4.78 is 1.63. The number of carbonyl (C=O) groups is 1. The molecule has 2 heterocycles. The van der Waals surface area contributed by atoms with Gasteiger partial charge in [0.1, 0.15) is 0 Å². The molecule has 1 aliphatic rings. The van der Waals surface area contributed by atoms with Crippen LogP contribution in [0.2, 0.25) is 0 Å². The molecule has 1 unspecified atom stereocenters. The van der Waals surface area contributed by atoms with Gasteiger partial charge in [-0.15, -0.1) is 6.58 Å². The topological polar surface area (TPSA) is 69.9 Å². The van der Waals surface area contributed by atoms with E-state index in [0.717, 1.165) is 5.56 Å². The Hall–Kier alpha value is -3.45. The number of thioether (sulfide) groups is 1. The van der Waals surface area contributed by atoms with Gasteiger partial charge in [-0.1, -0.05) is 66.4 Å². The predicted octanol–water partition coefficient (Wildman–Crippen LogP) is 3.58. The molecule has 2 aromatic carbocycles. The molecule has 0 fully saturated rings. The summed E-state index contributed by atoms with van der Waals surface area (Å²) in [6.07, 6.45) is 5.01. The molecular formula is C23H21N4O2S+. The van der Waals surface area contributed by atoms with E-state index in [4.69, 9.17) is 0 Å². The van der Waals surface area contributed by atoms with Crippen molar-refractivity contribution in [1.82, 2.24) is 10.1 Å². The number of nitrogens with zero attached hydrogens (tertiary/aromatic N) is 3. The van der Waals surface area contributed by atoms with Crippen molar-refractivity contribution in [1.29, 1.82) is 0 Å². The van der Waals surface area contributed by atoms with E-state index in [-0.39, 0.29) is 11.5 Å². The number of anilines is 1. The first kappa shape index (κ1) is 19.8. The molecule has 1 atom stereocenters. The van der Waals surface area contributed by atoms with E-state index in [9.17, 15) is 9.59 Å². The molecule has 0 radical (unpaired) electrons. The number of amides is 1. The fraction of sp³-hybridized carbons (Fsp3) is 0.130. The quantitative estimate of drug-likeness (QED) is 0.391. The average Bonchev–Trinajstić information content (AvgIpc) is 2.76. The van der Waals surface area contributed by atoms with Gasteiger partial charge in [0.2, 0.25) is 11.1 Å². The van der Waals surface area contributed by atoms with Gasteiger partial charge in [-0.05, 0) is 22.4 Å². The molecular weight excluding hydrogens is 396 g/mol. The number of para-hydroxylation sites is 1. The highest BCUT2D eigenvalue weighted by molar-refractivity contribution is 7.99. The van der Waals surface area contributed by atoms with E-state index in [1.165, 1.54) is 18.7 Å². The molecule has 7 heteroatoms. The lowest BCUT2D eigenvalue weighted by molar-refractivity contribution is -0.761. The number of hydrogen-bond acceptors (Lipinski definition) is 4. The molecule has 6 nitrogen and oxygen atoms in total. The molecule has 4 rings (SSSR count). The van der Waals surface area contributed by atoms with Crippen molar-refractivity contribution in [2.45, 2.75) is 18.2 Å². The first-order chi connectivity index (χ1) is 14.6. The standard InChI is InChI=1S/C23H20N4O2S/c1-3-15-30-23-24-22(29)21-18-11-7-8-12-19(18)26(16(2)28)20(27(21)25-23)14-13-17-9-5-4-6-10-17/h3-14,20H,1,15H2,2H3/p+1/b14-13+. The molecule has 1 amide bonds. The first-order valence-electron chi connectivity index (χ1n) is 9.52. The summed E-state index contributed by atoms with van der Waals surface area (Å²) >= 11 is 1.38. The van der Waals surface area contributed by atoms with E-state index in [1.54, 1.807) is 15.7 Å². The van der Waals surface area contributed by atoms with Crippen molar-refractivity contribution < 1.29 is 9.48 Å². The van der Waals surface area contributed by atoms with Crippen LogP contribution in [0.4, 0.5) is 5.69 Å². The molecule has 0 aliphatic carbocycles. The maximum absolute atomic E-state index is 13.0. The highest BCUT2D eigenvalue weighted by Gasteiger charge is 2.42. The van der Waals surface area contributed by atoms with Crippen LogP contribution in [0.25, 0.3) is 17.3 Å². The number of aromatic amines is 1. The van der Waals surface area contributed by atoms with E-state index in [2.05, 4.69) is 16.7 Å². The van der Waals surface area contributed by atoms with Crippen LogP contribution in [0.3, 0.4) is 0 Å². The monoisotopic (exact) mass is 417 g/mol. The van der Waals surface area contributed by atoms with Crippen LogP contribution in [0, 0.1) is 0 Å². The van der Waals surface area contributed by atoms with E-state index >= 15 is 0 Å². The minimum Gasteiger partial charge on any atom is -0.291 e. The highest BCUT2D eigenvalue weighted by atomic mass is 32.2. The molecule has 150 valence electrons. The number of rotatable bonds is 5. The number of fused-ring (bicyclic) bond motifs is 3. The molecule has 30 heavy (non-hydrogen) atoms. The van der Waals surface area contributed by atoms with Crippen LogP contribution in [0.15, 0.2) is 83.3 Å². The zero-order valence-corrected chi connectivity index (χ0v) is 17.3. The molecule has 1 N–H and O–H groups in total. The molecule has 3 aromatic rings. The van der Waals surface area contributed by atoms with Crippen molar-refractivity contribution in [3.8, 4) is 11.3 Å². The second-order valence-electron chi connectivity index (χ2n) is 6.74. The Morgan fingerprint density at radius 2 is 1.97 bits per heavy atom. The maximum Gasteiger partial charge on any atom is 0.325 e. The van der Waals surface area contributed by atoms with Gasteiger partial charge in [0.15, 0.2) is 0 Å². The summed E-state index contributed by atoms with van der Waals surface area (Å²) in [6, 6.07) is 17.2. The third-order valence-electron chi connectivity index (χ3n) is 4.73. The van der Waals surface area contributed by atoms with Crippen molar-refractivity contribution in [2.75, 3.05) is 10.7 Å². The molecule has 0 saturated carbocycles. The van der Waals surface area contributed by atoms with Gasteiger partial charge in [0.05, 0.1) is 11.3 Å². The fourth-order valence-electron chi connectivity index (χ4n) is 3.49. The van der Waals surface area contributed by atoms with Crippen LogP contribution in [-0.4, -0.2) is 21.7 Å². The molecule has 1 aromatic heterocycles. The van der Waals surface area contributed by atoms with E-state index in [1.807, 2.05) is 66.7 Å². The minimum atomic E-state index is -0.571. The second kappa shape index (κ2) is 8.51.